The van der Waals surface area contributed by atoms with E-state index in [1.54, 1.807) is 4.90 Å². The average Bonchev–Trinajstić information content (AvgIpc) is 2.66. The molecule has 0 aliphatic carbocycles. The van der Waals surface area contributed by atoms with Gasteiger partial charge in [0.15, 0.2) is 0 Å². The molecule has 1 amide bonds. The fourth-order valence-electron chi connectivity index (χ4n) is 3.19. The third kappa shape index (κ3) is 3.97. The molecule has 1 aliphatic heterocycles. The molecule has 2 aromatic carbocycles. The fourth-order valence-corrected chi connectivity index (χ4v) is 3.19. The molecule has 27 heavy (non-hydrogen) atoms. The van der Waals surface area contributed by atoms with E-state index in [0.29, 0.717) is 17.0 Å². The Morgan fingerprint density at radius 3 is 2.41 bits per heavy atom. The summed E-state index contributed by atoms with van der Waals surface area (Å²) in [5.74, 6) is 0.113. The Kier molecular flexibility index (Phi) is 5.22. The molecule has 0 spiro atoms. The van der Waals surface area contributed by atoms with Crippen molar-refractivity contribution >= 4 is 17.6 Å². The normalized spacial score (nSPS) is 16.3. The number of hydrogen-bond acceptors (Lipinski definition) is 4. The van der Waals surface area contributed by atoms with E-state index in [0.717, 1.165) is 5.56 Å². The van der Waals surface area contributed by atoms with E-state index in [4.69, 9.17) is 9.47 Å². The summed E-state index contributed by atoms with van der Waals surface area (Å²) in [6.45, 7) is 6.65. The number of benzene rings is 2. The van der Waals surface area contributed by atoms with Crippen LogP contribution in [0.15, 0.2) is 48.5 Å². The number of fused-ring (bicyclic) bond motifs is 1. The summed E-state index contributed by atoms with van der Waals surface area (Å²) in [5, 5.41) is 0. The molecule has 0 unspecified atom stereocenters. The lowest BCUT2D eigenvalue weighted by Crippen LogP contribution is -2.48. The summed E-state index contributed by atoms with van der Waals surface area (Å²) in [5.41, 5.74) is 2.42. The van der Waals surface area contributed by atoms with Gasteiger partial charge in [0.25, 0.3) is 5.91 Å². The molecule has 0 aromatic heterocycles. The first-order valence-corrected chi connectivity index (χ1v) is 9.04. The number of carbonyl (C=O) groups excluding carboxylic acids is 2. The van der Waals surface area contributed by atoms with E-state index in [2.05, 4.69) is 20.8 Å². The lowest BCUT2D eigenvalue weighted by atomic mass is 9.86. The second-order valence-corrected chi connectivity index (χ2v) is 7.72. The highest BCUT2D eigenvalue weighted by Gasteiger charge is 2.34. The Balaban J connectivity index is 1.96. The molecule has 5 heteroatoms. The third-order valence-corrected chi connectivity index (χ3v) is 4.77. The first-order chi connectivity index (χ1) is 12.8. The fraction of sp³-hybridized carbons (Fsp3) is 0.364. The Bertz CT molecular complexity index is 836. The SMILES string of the molecule is COC(=O)C[C@H]1COc2ccccc2N1C(=O)c1ccc(C(C)(C)C)cc1. The highest BCUT2D eigenvalue weighted by Crippen LogP contribution is 2.35. The van der Waals surface area contributed by atoms with Crippen molar-refractivity contribution in [3.8, 4) is 5.75 Å². The largest absolute Gasteiger partial charge is 0.489 e. The summed E-state index contributed by atoms with van der Waals surface area (Å²) in [7, 11) is 1.34. The van der Waals surface area contributed by atoms with Crippen molar-refractivity contribution in [3.63, 3.8) is 0 Å². The van der Waals surface area contributed by atoms with Gasteiger partial charge in [-0.1, -0.05) is 45.0 Å². The van der Waals surface area contributed by atoms with Crippen LogP contribution in [-0.4, -0.2) is 31.6 Å². The van der Waals surface area contributed by atoms with Gasteiger partial charge in [0.1, 0.15) is 12.4 Å². The molecule has 0 bridgehead atoms. The summed E-state index contributed by atoms with van der Waals surface area (Å²) in [6.07, 6.45) is 0.0800. The quantitative estimate of drug-likeness (QED) is 0.771. The van der Waals surface area contributed by atoms with Crippen molar-refractivity contribution < 1.29 is 19.1 Å². The predicted molar refractivity (Wildman–Crippen MR) is 104 cm³/mol. The number of carbonyl (C=O) groups is 2. The van der Waals surface area contributed by atoms with E-state index in [1.165, 1.54) is 7.11 Å². The monoisotopic (exact) mass is 367 g/mol. The van der Waals surface area contributed by atoms with Crippen LogP contribution in [0.2, 0.25) is 0 Å². The zero-order chi connectivity index (χ0) is 19.6. The smallest absolute Gasteiger partial charge is 0.307 e. The first-order valence-electron chi connectivity index (χ1n) is 9.04. The van der Waals surface area contributed by atoms with Crippen LogP contribution in [0, 0.1) is 0 Å². The van der Waals surface area contributed by atoms with Crippen molar-refractivity contribution in [3.05, 3.63) is 59.7 Å². The number of anilines is 1. The molecule has 5 nitrogen and oxygen atoms in total. The molecule has 1 heterocycles. The molecule has 0 N–H and O–H groups in total. The molecule has 3 rings (SSSR count). The predicted octanol–water partition coefficient (Wildman–Crippen LogP) is 3.96. The van der Waals surface area contributed by atoms with Gasteiger partial charge >= 0.3 is 5.97 Å². The van der Waals surface area contributed by atoms with Crippen LogP contribution in [0.5, 0.6) is 5.75 Å². The molecule has 1 aliphatic rings. The Morgan fingerprint density at radius 2 is 1.78 bits per heavy atom. The van der Waals surface area contributed by atoms with E-state index in [9.17, 15) is 9.59 Å². The molecule has 0 fully saturated rings. The minimum Gasteiger partial charge on any atom is -0.489 e. The molecule has 142 valence electrons. The van der Waals surface area contributed by atoms with Crippen molar-refractivity contribution in [2.75, 3.05) is 18.6 Å². The van der Waals surface area contributed by atoms with Crippen molar-refractivity contribution in [1.82, 2.24) is 0 Å². The molecular weight excluding hydrogens is 342 g/mol. The summed E-state index contributed by atoms with van der Waals surface area (Å²) >= 11 is 0. The van der Waals surface area contributed by atoms with Gasteiger partial charge in [0.05, 0.1) is 25.3 Å². The summed E-state index contributed by atoms with van der Waals surface area (Å²) in [6, 6.07) is 14.6. The minimum atomic E-state index is -0.415. The minimum absolute atomic E-state index is 0.0144. The van der Waals surface area contributed by atoms with E-state index in [1.807, 2.05) is 48.5 Å². The number of methoxy groups -OCH3 is 1. The van der Waals surface area contributed by atoms with E-state index in [-0.39, 0.29) is 30.3 Å². The third-order valence-electron chi connectivity index (χ3n) is 4.77. The lowest BCUT2D eigenvalue weighted by Gasteiger charge is -2.36. The molecule has 0 saturated heterocycles. The molecule has 0 radical (unpaired) electrons. The van der Waals surface area contributed by atoms with Gasteiger partial charge in [-0.3, -0.25) is 14.5 Å². The number of rotatable bonds is 3. The molecule has 0 saturated carbocycles. The maximum absolute atomic E-state index is 13.3. The van der Waals surface area contributed by atoms with Crippen molar-refractivity contribution in [2.45, 2.75) is 38.6 Å². The number of para-hydroxylation sites is 2. The molecular formula is C22H25NO4. The van der Waals surface area contributed by atoms with Gasteiger partial charge in [-0.15, -0.1) is 0 Å². The van der Waals surface area contributed by atoms with Crippen LogP contribution in [-0.2, 0) is 14.9 Å². The topological polar surface area (TPSA) is 55.8 Å². The van der Waals surface area contributed by atoms with Crippen LogP contribution in [0.4, 0.5) is 5.69 Å². The van der Waals surface area contributed by atoms with Gasteiger partial charge in [0, 0.05) is 5.56 Å². The Morgan fingerprint density at radius 1 is 1.11 bits per heavy atom. The first kappa shape index (κ1) is 19.0. The van der Waals surface area contributed by atoms with Gasteiger partial charge in [-0.25, -0.2) is 0 Å². The second kappa shape index (κ2) is 7.43. The number of esters is 1. The van der Waals surface area contributed by atoms with Crippen molar-refractivity contribution in [2.24, 2.45) is 0 Å². The van der Waals surface area contributed by atoms with Crippen LogP contribution in [0.1, 0.15) is 43.1 Å². The highest BCUT2D eigenvalue weighted by molar-refractivity contribution is 6.08. The zero-order valence-electron chi connectivity index (χ0n) is 16.2. The number of hydrogen-bond donors (Lipinski definition) is 0. The number of ether oxygens (including phenoxy) is 2. The Hall–Kier alpha value is -2.82. The highest BCUT2D eigenvalue weighted by atomic mass is 16.5. The van der Waals surface area contributed by atoms with Gasteiger partial charge in [0.2, 0.25) is 0 Å². The van der Waals surface area contributed by atoms with Gasteiger partial charge in [-0.2, -0.15) is 0 Å². The number of amides is 1. The summed E-state index contributed by atoms with van der Waals surface area (Å²) < 4.78 is 10.6. The molecule has 2 aromatic rings. The van der Waals surface area contributed by atoms with E-state index < -0.39 is 6.04 Å². The number of nitrogens with zero attached hydrogens (tertiary/aromatic N) is 1. The van der Waals surface area contributed by atoms with E-state index >= 15 is 0 Å². The molecule has 1 atom stereocenters. The van der Waals surface area contributed by atoms with Gasteiger partial charge < -0.3 is 9.47 Å². The second-order valence-electron chi connectivity index (χ2n) is 7.72. The van der Waals surface area contributed by atoms with Crippen LogP contribution >= 0.6 is 0 Å². The van der Waals surface area contributed by atoms with Gasteiger partial charge in [-0.05, 0) is 35.2 Å². The maximum atomic E-state index is 13.3. The average molecular weight is 367 g/mol. The van der Waals surface area contributed by atoms with Crippen LogP contribution < -0.4 is 9.64 Å². The van der Waals surface area contributed by atoms with Crippen LogP contribution in [0.25, 0.3) is 0 Å². The lowest BCUT2D eigenvalue weighted by molar-refractivity contribution is -0.141. The standard InChI is InChI=1S/C22H25NO4/c1-22(2,3)16-11-9-15(10-12-16)21(25)23-17(13-20(24)26-4)14-27-19-8-6-5-7-18(19)23/h5-12,17H,13-14H2,1-4H3/t17-/m0/s1. The van der Waals surface area contributed by atoms with Crippen LogP contribution in [0.3, 0.4) is 0 Å². The van der Waals surface area contributed by atoms with Crippen molar-refractivity contribution in [1.29, 1.82) is 0 Å². The zero-order valence-corrected chi connectivity index (χ0v) is 16.2. The maximum Gasteiger partial charge on any atom is 0.307 e. The Labute approximate surface area is 159 Å². The summed E-state index contributed by atoms with van der Waals surface area (Å²) in [4.78, 5) is 26.8.